The number of rotatable bonds is 14. The molecule has 0 bridgehead atoms. The molecule has 0 spiro atoms. The van der Waals surface area contributed by atoms with E-state index in [1.807, 2.05) is 0 Å². The van der Waals surface area contributed by atoms with E-state index >= 15 is 0 Å². The predicted octanol–water partition coefficient (Wildman–Crippen LogP) is 2.42. The molecule has 55 heavy (non-hydrogen) atoms. The second-order valence-electron chi connectivity index (χ2n) is 12.3. The summed E-state index contributed by atoms with van der Waals surface area (Å²) in [6, 6.07) is 15.8. The number of esters is 7. The first-order valence-electron chi connectivity index (χ1n) is 17.0. The smallest absolute Gasteiger partial charge is 0.338 e. The zero-order valence-corrected chi connectivity index (χ0v) is 30.9. The SMILES string of the molecule is CO[C@H]1O[C@H](COC(C)=O)[C@@H](O[C@H]2C=C(COC(=O)c3ccccc3)[C@@H](OC(=O)c3ccccc3)[C@H](OC(C)=O)[C@H]2OC(C)=O)[C@H](OC(C)=O)[C@H]1OC(C)=O. The molecule has 9 atom stereocenters. The minimum absolute atomic E-state index is 0.0248. The van der Waals surface area contributed by atoms with Crippen LogP contribution in [0.2, 0.25) is 0 Å². The third-order valence-electron chi connectivity index (χ3n) is 8.11. The van der Waals surface area contributed by atoms with E-state index < -0.39 is 110 Å². The van der Waals surface area contributed by atoms with Crippen LogP contribution in [0.15, 0.2) is 72.3 Å². The van der Waals surface area contributed by atoms with Gasteiger partial charge < -0.3 is 47.4 Å². The van der Waals surface area contributed by atoms with Crippen molar-refractivity contribution in [3.63, 3.8) is 0 Å². The van der Waals surface area contributed by atoms with Gasteiger partial charge in [0.25, 0.3) is 0 Å². The molecule has 0 unspecified atom stereocenters. The Morgan fingerprint density at radius 2 is 1.07 bits per heavy atom. The van der Waals surface area contributed by atoms with E-state index in [0.717, 1.165) is 34.6 Å². The van der Waals surface area contributed by atoms with Crippen molar-refractivity contribution in [3.8, 4) is 0 Å². The number of hydrogen-bond acceptors (Lipinski definition) is 17. The van der Waals surface area contributed by atoms with Crippen LogP contribution in [0.5, 0.6) is 0 Å². The molecular formula is C38H42O17. The van der Waals surface area contributed by atoms with Gasteiger partial charge in [-0.1, -0.05) is 36.4 Å². The molecule has 0 amide bonds. The van der Waals surface area contributed by atoms with E-state index in [2.05, 4.69) is 0 Å². The average molecular weight is 771 g/mol. The van der Waals surface area contributed by atoms with Crippen LogP contribution in [0.25, 0.3) is 0 Å². The summed E-state index contributed by atoms with van der Waals surface area (Å²) in [4.78, 5) is 88.5. The first-order chi connectivity index (χ1) is 26.2. The Bertz CT molecular complexity index is 1720. The molecule has 17 nitrogen and oxygen atoms in total. The Hall–Kier alpha value is -5.65. The number of benzene rings is 2. The van der Waals surface area contributed by atoms with Crippen molar-refractivity contribution < 1.29 is 80.9 Å². The van der Waals surface area contributed by atoms with Gasteiger partial charge in [0, 0.05) is 47.3 Å². The lowest BCUT2D eigenvalue weighted by atomic mass is 9.88. The van der Waals surface area contributed by atoms with Crippen molar-refractivity contribution in [2.45, 2.75) is 89.7 Å². The van der Waals surface area contributed by atoms with E-state index in [4.69, 9.17) is 47.4 Å². The highest BCUT2D eigenvalue weighted by Gasteiger charge is 2.55. The maximum atomic E-state index is 13.5. The maximum absolute atomic E-state index is 13.5. The molecule has 4 rings (SSSR count). The second kappa shape index (κ2) is 19.6. The van der Waals surface area contributed by atoms with Gasteiger partial charge in [0.15, 0.2) is 36.8 Å². The molecule has 1 heterocycles. The lowest BCUT2D eigenvalue weighted by Gasteiger charge is -2.47. The number of hydrogen-bond donors (Lipinski definition) is 0. The van der Waals surface area contributed by atoms with Crippen LogP contribution in [-0.2, 0) is 71.3 Å². The highest BCUT2D eigenvalue weighted by Crippen LogP contribution is 2.36. The van der Waals surface area contributed by atoms with E-state index in [0.29, 0.717) is 0 Å². The lowest BCUT2D eigenvalue weighted by Crippen LogP contribution is -2.64. The number of ether oxygens (including phenoxy) is 10. The molecule has 0 N–H and O–H groups in total. The molecule has 1 aliphatic heterocycles. The van der Waals surface area contributed by atoms with Crippen LogP contribution in [0, 0.1) is 0 Å². The monoisotopic (exact) mass is 770 g/mol. The summed E-state index contributed by atoms with van der Waals surface area (Å²) >= 11 is 0. The highest BCUT2D eigenvalue weighted by molar-refractivity contribution is 5.90. The summed E-state index contributed by atoms with van der Waals surface area (Å²) in [7, 11) is 1.24. The van der Waals surface area contributed by atoms with E-state index in [1.165, 1.54) is 37.5 Å². The van der Waals surface area contributed by atoms with Gasteiger partial charge in [-0.3, -0.25) is 24.0 Å². The van der Waals surface area contributed by atoms with Gasteiger partial charge in [0.2, 0.25) is 0 Å². The Balaban J connectivity index is 1.87. The molecule has 0 aromatic heterocycles. The minimum Gasteiger partial charge on any atom is -0.463 e. The molecule has 0 saturated carbocycles. The number of methoxy groups -OCH3 is 1. The van der Waals surface area contributed by atoms with Crippen LogP contribution in [0.1, 0.15) is 55.3 Å². The van der Waals surface area contributed by atoms with E-state index in [1.54, 1.807) is 36.4 Å². The fraction of sp³-hybridized carbons (Fsp3) is 0.447. The third-order valence-corrected chi connectivity index (χ3v) is 8.11. The van der Waals surface area contributed by atoms with Crippen molar-refractivity contribution in [2.24, 2.45) is 0 Å². The van der Waals surface area contributed by atoms with Crippen molar-refractivity contribution in [3.05, 3.63) is 83.4 Å². The average Bonchev–Trinajstić information content (AvgIpc) is 3.13. The molecule has 17 heteroatoms. The Morgan fingerprint density at radius 3 is 1.60 bits per heavy atom. The molecule has 0 radical (unpaired) electrons. The Labute approximate surface area is 316 Å². The van der Waals surface area contributed by atoms with Crippen molar-refractivity contribution in [1.29, 1.82) is 0 Å². The summed E-state index contributed by atoms with van der Waals surface area (Å²) in [6.07, 6.45) is -12.0. The van der Waals surface area contributed by atoms with Gasteiger partial charge in [-0.15, -0.1) is 0 Å². The predicted molar refractivity (Wildman–Crippen MR) is 184 cm³/mol. The first kappa shape index (κ1) is 42.1. The molecule has 1 fully saturated rings. The van der Waals surface area contributed by atoms with Gasteiger partial charge in [-0.05, 0) is 30.3 Å². The van der Waals surface area contributed by atoms with Gasteiger partial charge in [0.1, 0.15) is 31.5 Å². The molecular weight excluding hydrogens is 728 g/mol. The quantitative estimate of drug-likeness (QED) is 0.153. The standard InChI is InChI=1S/C38H42O17/c1-20(39)47-19-29-32(34(51-23(4)42)35(52-24(5)43)38(46-6)54-29)53-28-17-27(18-48-36(44)25-13-9-7-10-14-25)30(55-37(45)26-15-11-8-12-16-26)33(50-22(3)41)31(28)49-21(2)40/h7-17,28-35,38H,18-19H2,1-6H3/t28-,29+,30+,31-,32+,33-,34-,35+,38-/m0/s1. The first-order valence-corrected chi connectivity index (χ1v) is 17.0. The van der Waals surface area contributed by atoms with Crippen LogP contribution in [0.3, 0.4) is 0 Å². The molecule has 296 valence electrons. The van der Waals surface area contributed by atoms with Gasteiger partial charge in [-0.2, -0.15) is 0 Å². The zero-order valence-electron chi connectivity index (χ0n) is 30.9. The lowest BCUT2D eigenvalue weighted by molar-refractivity contribution is -0.314. The highest BCUT2D eigenvalue weighted by atomic mass is 16.7. The molecule has 1 saturated heterocycles. The third kappa shape index (κ3) is 11.7. The topological polar surface area (TPSA) is 212 Å². The molecule has 2 aromatic rings. The van der Waals surface area contributed by atoms with Crippen molar-refractivity contribution in [2.75, 3.05) is 20.3 Å². The van der Waals surface area contributed by atoms with Gasteiger partial charge >= 0.3 is 41.8 Å². The maximum Gasteiger partial charge on any atom is 0.338 e. The van der Waals surface area contributed by atoms with Crippen molar-refractivity contribution >= 4 is 41.8 Å². The molecule has 1 aliphatic carbocycles. The summed E-state index contributed by atoms with van der Waals surface area (Å²) in [5.41, 5.74) is 0.338. The fourth-order valence-electron chi connectivity index (χ4n) is 5.96. The van der Waals surface area contributed by atoms with Gasteiger partial charge in [0.05, 0.1) is 11.1 Å². The minimum atomic E-state index is -1.63. The summed E-state index contributed by atoms with van der Waals surface area (Å²) in [5.74, 6) is -5.73. The van der Waals surface area contributed by atoms with Gasteiger partial charge in [-0.25, -0.2) is 9.59 Å². The molecule has 2 aliphatic rings. The van der Waals surface area contributed by atoms with Crippen LogP contribution in [0.4, 0.5) is 0 Å². The normalized spacial score (nSPS) is 25.9. The number of carbonyl (C=O) groups is 7. The molecule has 2 aromatic carbocycles. The largest absolute Gasteiger partial charge is 0.463 e. The second-order valence-corrected chi connectivity index (χ2v) is 12.3. The summed E-state index contributed by atoms with van der Waals surface area (Å²) in [6.45, 7) is 4.42. The van der Waals surface area contributed by atoms with Crippen molar-refractivity contribution in [1.82, 2.24) is 0 Å². The Morgan fingerprint density at radius 1 is 0.564 bits per heavy atom. The Kier molecular flexibility index (Phi) is 15.0. The van der Waals surface area contributed by atoms with E-state index in [-0.39, 0.29) is 16.7 Å². The summed E-state index contributed by atoms with van der Waals surface area (Å²) < 4.78 is 57.1. The summed E-state index contributed by atoms with van der Waals surface area (Å²) in [5, 5.41) is 0. The van der Waals surface area contributed by atoms with Crippen LogP contribution < -0.4 is 0 Å². The van der Waals surface area contributed by atoms with Crippen LogP contribution in [-0.4, -0.2) is 117 Å². The van der Waals surface area contributed by atoms with E-state index in [9.17, 15) is 33.6 Å². The number of carbonyl (C=O) groups excluding carboxylic acids is 7. The zero-order chi connectivity index (χ0) is 40.2. The van der Waals surface area contributed by atoms with Crippen LogP contribution >= 0.6 is 0 Å². The fourth-order valence-corrected chi connectivity index (χ4v) is 5.96.